The third-order valence-electron chi connectivity index (χ3n) is 3.13. The summed E-state index contributed by atoms with van der Waals surface area (Å²) in [5.74, 6) is 1.01. The van der Waals surface area contributed by atoms with E-state index < -0.39 is 0 Å². The molecule has 1 aliphatic heterocycles. The fourth-order valence-corrected chi connectivity index (χ4v) is 3.60. The fraction of sp³-hybridized carbons (Fsp3) is 0.714. The molecule has 2 rings (SSSR count). The lowest BCUT2D eigenvalue weighted by Gasteiger charge is -2.35. The summed E-state index contributed by atoms with van der Waals surface area (Å²) >= 11 is 2.05. The van der Waals surface area contributed by atoms with E-state index in [9.17, 15) is 0 Å². The summed E-state index contributed by atoms with van der Waals surface area (Å²) in [4.78, 5) is 11.4. The van der Waals surface area contributed by atoms with Gasteiger partial charge in [0.15, 0.2) is 0 Å². The van der Waals surface area contributed by atoms with Crippen LogP contribution in [-0.4, -0.2) is 39.6 Å². The van der Waals surface area contributed by atoms with Gasteiger partial charge in [0.25, 0.3) is 0 Å². The maximum absolute atomic E-state index is 4.56. The Morgan fingerprint density at radius 2 is 1.95 bits per heavy atom. The second-order valence-electron chi connectivity index (χ2n) is 5.56. The van der Waals surface area contributed by atoms with Gasteiger partial charge >= 0.3 is 0 Å². The third kappa shape index (κ3) is 4.35. The van der Waals surface area contributed by atoms with E-state index in [4.69, 9.17) is 0 Å². The Balaban J connectivity index is 1.97. The van der Waals surface area contributed by atoms with Gasteiger partial charge in [0.05, 0.1) is 18.1 Å². The van der Waals surface area contributed by atoms with E-state index in [1.807, 2.05) is 12.4 Å². The minimum Gasteiger partial charge on any atom is -0.353 e. The van der Waals surface area contributed by atoms with Gasteiger partial charge in [0.1, 0.15) is 5.82 Å². The predicted octanol–water partition coefficient (Wildman–Crippen LogP) is 2.30. The molecule has 0 aromatic carbocycles. The van der Waals surface area contributed by atoms with Gasteiger partial charge in [0, 0.05) is 36.2 Å². The van der Waals surface area contributed by atoms with E-state index in [2.05, 4.69) is 59.6 Å². The lowest BCUT2D eigenvalue weighted by Crippen LogP contribution is -2.40. The predicted molar refractivity (Wildman–Crippen MR) is 82.7 cm³/mol. The van der Waals surface area contributed by atoms with Crippen molar-refractivity contribution in [1.82, 2.24) is 15.3 Å². The molecule has 2 heterocycles. The summed E-state index contributed by atoms with van der Waals surface area (Å²) < 4.78 is 0. The van der Waals surface area contributed by atoms with E-state index in [0.29, 0.717) is 16.5 Å². The molecule has 5 heteroatoms. The molecule has 0 amide bonds. The molecule has 0 aliphatic carbocycles. The van der Waals surface area contributed by atoms with E-state index in [0.717, 1.165) is 31.1 Å². The highest BCUT2D eigenvalue weighted by Gasteiger charge is 2.23. The van der Waals surface area contributed by atoms with Crippen LogP contribution < -0.4 is 10.2 Å². The zero-order valence-electron chi connectivity index (χ0n) is 12.3. The van der Waals surface area contributed by atoms with Crippen molar-refractivity contribution in [2.75, 3.05) is 18.0 Å². The molecule has 1 aromatic rings. The molecule has 1 aliphatic rings. The van der Waals surface area contributed by atoms with Gasteiger partial charge in [-0.25, -0.2) is 4.98 Å². The quantitative estimate of drug-likeness (QED) is 0.916. The molecule has 2 atom stereocenters. The van der Waals surface area contributed by atoms with Crippen molar-refractivity contribution >= 4 is 17.6 Å². The lowest BCUT2D eigenvalue weighted by molar-refractivity contribution is 0.580. The minimum absolute atomic E-state index is 0.474. The van der Waals surface area contributed by atoms with Crippen molar-refractivity contribution in [2.45, 2.75) is 50.8 Å². The number of rotatable bonds is 4. The van der Waals surface area contributed by atoms with Gasteiger partial charge in [-0.1, -0.05) is 27.7 Å². The monoisotopic (exact) mass is 280 g/mol. The van der Waals surface area contributed by atoms with Crippen molar-refractivity contribution in [2.24, 2.45) is 0 Å². The largest absolute Gasteiger partial charge is 0.353 e. The van der Waals surface area contributed by atoms with Crippen LogP contribution >= 0.6 is 11.8 Å². The lowest BCUT2D eigenvalue weighted by atomic mass is 10.3. The summed E-state index contributed by atoms with van der Waals surface area (Å²) in [5, 5.41) is 4.68. The maximum atomic E-state index is 4.56. The highest BCUT2D eigenvalue weighted by molar-refractivity contribution is 8.00. The number of anilines is 1. The van der Waals surface area contributed by atoms with Crippen molar-refractivity contribution in [3.8, 4) is 0 Å². The number of hydrogen-bond acceptors (Lipinski definition) is 5. The number of nitrogens with one attached hydrogen (secondary N) is 1. The molecule has 1 N–H and O–H groups in total. The van der Waals surface area contributed by atoms with E-state index in [1.54, 1.807) is 0 Å². The standard InChI is InChI=1S/C14H24N4S/c1-10(2)15-5-13-6-17-14(7-16-13)18-8-11(3)19-12(4)9-18/h6-7,10-12,15H,5,8-9H2,1-4H3. The first-order valence-electron chi connectivity index (χ1n) is 6.99. The molecule has 106 valence electrons. The van der Waals surface area contributed by atoms with Crippen molar-refractivity contribution < 1.29 is 0 Å². The van der Waals surface area contributed by atoms with Gasteiger partial charge < -0.3 is 10.2 Å². The summed E-state index contributed by atoms with van der Waals surface area (Å²) in [6.07, 6.45) is 3.80. The van der Waals surface area contributed by atoms with Crippen LogP contribution in [0.1, 0.15) is 33.4 Å². The molecule has 4 nitrogen and oxygen atoms in total. The normalized spacial score (nSPS) is 23.9. The first kappa shape index (κ1) is 14.6. The maximum Gasteiger partial charge on any atom is 0.147 e. The first-order chi connectivity index (χ1) is 9.04. The zero-order valence-corrected chi connectivity index (χ0v) is 13.1. The Hall–Kier alpha value is -0.810. The zero-order chi connectivity index (χ0) is 13.8. The van der Waals surface area contributed by atoms with Gasteiger partial charge in [0.2, 0.25) is 0 Å². The van der Waals surface area contributed by atoms with Crippen LogP contribution in [-0.2, 0) is 6.54 Å². The van der Waals surface area contributed by atoms with Crippen LogP contribution in [0.15, 0.2) is 12.4 Å². The molecule has 0 bridgehead atoms. The highest BCUT2D eigenvalue weighted by atomic mass is 32.2. The Bertz CT molecular complexity index is 383. The Labute approximate surface area is 120 Å². The van der Waals surface area contributed by atoms with Crippen LogP contribution in [0.25, 0.3) is 0 Å². The highest BCUT2D eigenvalue weighted by Crippen LogP contribution is 2.27. The van der Waals surface area contributed by atoms with Crippen LogP contribution in [0.2, 0.25) is 0 Å². The smallest absolute Gasteiger partial charge is 0.147 e. The molecule has 2 unspecified atom stereocenters. The van der Waals surface area contributed by atoms with Gasteiger partial charge in [-0.3, -0.25) is 4.98 Å². The van der Waals surface area contributed by atoms with Gasteiger partial charge in [-0.05, 0) is 0 Å². The summed E-state index contributed by atoms with van der Waals surface area (Å²) in [5.41, 5.74) is 1.00. The number of thioether (sulfide) groups is 1. The van der Waals surface area contributed by atoms with Gasteiger partial charge in [-0.15, -0.1) is 0 Å². The topological polar surface area (TPSA) is 41.1 Å². The number of hydrogen-bond donors (Lipinski definition) is 1. The SMILES string of the molecule is CC(C)NCc1cnc(N2CC(C)SC(C)C2)cn1. The van der Waals surface area contributed by atoms with E-state index in [1.165, 1.54) is 0 Å². The van der Waals surface area contributed by atoms with Crippen molar-refractivity contribution in [1.29, 1.82) is 0 Å². The molecule has 0 saturated carbocycles. The first-order valence-corrected chi connectivity index (χ1v) is 7.93. The van der Waals surface area contributed by atoms with E-state index >= 15 is 0 Å². The molecule has 0 spiro atoms. The molecule has 1 saturated heterocycles. The Morgan fingerprint density at radius 3 is 2.47 bits per heavy atom. The molecule has 1 aromatic heterocycles. The average molecular weight is 280 g/mol. The molecular formula is C14H24N4S. The van der Waals surface area contributed by atoms with Crippen LogP contribution in [0.4, 0.5) is 5.82 Å². The fourth-order valence-electron chi connectivity index (χ4n) is 2.28. The summed E-state index contributed by atoms with van der Waals surface area (Å²) in [7, 11) is 0. The van der Waals surface area contributed by atoms with Gasteiger partial charge in [-0.2, -0.15) is 11.8 Å². The minimum atomic E-state index is 0.474. The average Bonchev–Trinajstić information content (AvgIpc) is 2.36. The molecule has 1 fully saturated rings. The third-order valence-corrected chi connectivity index (χ3v) is 4.35. The molecular weight excluding hydrogens is 256 g/mol. The van der Waals surface area contributed by atoms with Crippen molar-refractivity contribution in [3.05, 3.63) is 18.1 Å². The second kappa shape index (κ2) is 6.57. The summed E-state index contributed by atoms with van der Waals surface area (Å²) in [6, 6.07) is 0.474. The van der Waals surface area contributed by atoms with Crippen molar-refractivity contribution in [3.63, 3.8) is 0 Å². The summed E-state index contributed by atoms with van der Waals surface area (Å²) in [6.45, 7) is 11.7. The second-order valence-corrected chi connectivity index (χ2v) is 7.45. The molecule has 0 radical (unpaired) electrons. The van der Waals surface area contributed by atoms with Crippen LogP contribution in [0.5, 0.6) is 0 Å². The number of nitrogens with zero attached hydrogens (tertiary/aromatic N) is 3. The Morgan fingerprint density at radius 1 is 1.26 bits per heavy atom. The number of aromatic nitrogens is 2. The van der Waals surface area contributed by atoms with Crippen LogP contribution in [0, 0.1) is 0 Å². The van der Waals surface area contributed by atoms with Crippen LogP contribution in [0.3, 0.4) is 0 Å². The Kier molecular flexibility index (Phi) is 5.05. The molecule has 19 heavy (non-hydrogen) atoms. The van der Waals surface area contributed by atoms with E-state index in [-0.39, 0.29) is 0 Å².